The minimum atomic E-state index is 0.519. The smallest absolute Gasteiger partial charge is 0.211 e. The number of nitrogens with one attached hydrogen (secondary N) is 1. The maximum Gasteiger partial charge on any atom is 0.211 e. The summed E-state index contributed by atoms with van der Waals surface area (Å²) in [6.07, 6.45) is 0.572. The van der Waals surface area contributed by atoms with E-state index >= 15 is 0 Å². The molecule has 0 atom stereocenters. The van der Waals surface area contributed by atoms with Crippen LogP contribution in [0.15, 0.2) is 16.6 Å². The Labute approximate surface area is 89.2 Å². The molecule has 1 aromatic rings. The van der Waals surface area contributed by atoms with Gasteiger partial charge in [-0.3, -0.25) is 4.79 Å². The fourth-order valence-corrected chi connectivity index (χ4v) is 1.36. The van der Waals surface area contributed by atoms with E-state index in [9.17, 15) is 4.79 Å². The van der Waals surface area contributed by atoms with Crippen molar-refractivity contribution in [2.24, 2.45) is 0 Å². The van der Waals surface area contributed by atoms with Crippen molar-refractivity contribution >= 4 is 39.6 Å². The van der Waals surface area contributed by atoms with Crippen LogP contribution in [0.1, 0.15) is 0 Å². The normalized spacial score (nSPS) is 9.46. The molecule has 0 aliphatic rings. The summed E-state index contributed by atoms with van der Waals surface area (Å²) < 4.78 is 5.75. The van der Waals surface area contributed by atoms with Crippen LogP contribution in [0.2, 0.25) is 5.02 Å². The first kappa shape index (κ1) is 10.3. The third-order valence-electron chi connectivity index (χ3n) is 1.46. The summed E-state index contributed by atoms with van der Waals surface area (Å²) in [6.45, 7) is 0. The molecule has 5 heteroatoms. The Morgan fingerprint density at radius 3 is 2.85 bits per heavy atom. The van der Waals surface area contributed by atoms with Gasteiger partial charge in [0.25, 0.3) is 0 Å². The lowest BCUT2D eigenvalue weighted by atomic mass is 10.3. The Morgan fingerprint density at radius 1 is 1.62 bits per heavy atom. The summed E-state index contributed by atoms with van der Waals surface area (Å²) >= 11 is 9.06. The monoisotopic (exact) mass is 263 g/mol. The van der Waals surface area contributed by atoms with Crippen molar-refractivity contribution in [1.82, 2.24) is 0 Å². The fourth-order valence-electron chi connectivity index (χ4n) is 0.874. The molecule has 13 heavy (non-hydrogen) atoms. The number of halogens is 2. The van der Waals surface area contributed by atoms with Gasteiger partial charge in [-0.05, 0) is 28.1 Å². The first-order valence-electron chi connectivity index (χ1n) is 3.42. The van der Waals surface area contributed by atoms with Gasteiger partial charge in [0.15, 0.2) is 0 Å². The topological polar surface area (TPSA) is 38.3 Å². The number of rotatable bonds is 3. The van der Waals surface area contributed by atoms with Crippen molar-refractivity contribution in [2.45, 2.75) is 0 Å². The number of ether oxygens (including phenoxy) is 1. The highest BCUT2D eigenvalue weighted by Crippen LogP contribution is 2.33. The van der Waals surface area contributed by atoms with Crippen molar-refractivity contribution in [3.63, 3.8) is 0 Å². The zero-order valence-corrected chi connectivity index (χ0v) is 9.15. The third kappa shape index (κ3) is 2.35. The van der Waals surface area contributed by atoms with E-state index in [-0.39, 0.29) is 0 Å². The van der Waals surface area contributed by atoms with Crippen LogP contribution in [0.4, 0.5) is 5.69 Å². The Bertz CT molecular complexity index is 330. The Hall–Kier alpha value is -0.740. The maximum atomic E-state index is 10.2. The van der Waals surface area contributed by atoms with E-state index < -0.39 is 0 Å². The molecule has 0 aromatic heterocycles. The molecule has 3 nitrogen and oxygen atoms in total. The van der Waals surface area contributed by atoms with Gasteiger partial charge in [-0.1, -0.05) is 11.6 Å². The maximum absolute atomic E-state index is 10.2. The second kappa shape index (κ2) is 4.48. The molecule has 0 saturated heterocycles. The van der Waals surface area contributed by atoms with Gasteiger partial charge < -0.3 is 10.1 Å². The molecular formula is C8H7BrClNO2. The van der Waals surface area contributed by atoms with Crippen LogP contribution >= 0.6 is 27.5 Å². The molecule has 0 aliphatic carbocycles. The summed E-state index contributed by atoms with van der Waals surface area (Å²) in [7, 11) is 1.52. The van der Waals surface area contributed by atoms with Crippen LogP contribution in [0.5, 0.6) is 5.75 Å². The van der Waals surface area contributed by atoms with E-state index in [2.05, 4.69) is 21.2 Å². The number of hydrogen-bond acceptors (Lipinski definition) is 2. The number of anilines is 1. The van der Waals surface area contributed by atoms with Gasteiger partial charge in [-0.25, -0.2) is 0 Å². The number of carbonyl (C=O) groups excluding carboxylic acids is 1. The molecule has 1 rings (SSSR count). The predicted molar refractivity (Wildman–Crippen MR) is 55.4 cm³/mol. The molecular weight excluding hydrogens is 257 g/mol. The number of amides is 1. The second-order valence-corrected chi connectivity index (χ2v) is 3.49. The molecule has 0 aliphatic heterocycles. The van der Waals surface area contributed by atoms with Crippen molar-refractivity contribution < 1.29 is 9.53 Å². The van der Waals surface area contributed by atoms with Gasteiger partial charge in [0, 0.05) is 4.47 Å². The summed E-state index contributed by atoms with van der Waals surface area (Å²) in [5.41, 5.74) is 0.547. The van der Waals surface area contributed by atoms with E-state index in [1.165, 1.54) is 7.11 Å². The van der Waals surface area contributed by atoms with Gasteiger partial charge in [-0.15, -0.1) is 0 Å². The van der Waals surface area contributed by atoms with Crippen LogP contribution in [-0.4, -0.2) is 13.5 Å². The average molecular weight is 265 g/mol. The van der Waals surface area contributed by atoms with E-state index in [4.69, 9.17) is 16.3 Å². The Kier molecular flexibility index (Phi) is 3.57. The largest absolute Gasteiger partial charge is 0.495 e. The summed E-state index contributed by atoms with van der Waals surface area (Å²) in [5.74, 6) is 0.559. The minimum Gasteiger partial charge on any atom is -0.495 e. The van der Waals surface area contributed by atoms with E-state index in [1.54, 1.807) is 12.1 Å². The van der Waals surface area contributed by atoms with Crippen LogP contribution < -0.4 is 10.1 Å². The quantitative estimate of drug-likeness (QED) is 0.853. The summed E-state index contributed by atoms with van der Waals surface area (Å²) in [4.78, 5) is 10.2. The lowest BCUT2D eigenvalue weighted by molar-refractivity contribution is -0.105. The minimum absolute atomic E-state index is 0.519. The number of carbonyl (C=O) groups is 1. The van der Waals surface area contributed by atoms with Crippen LogP contribution in [0.3, 0.4) is 0 Å². The van der Waals surface area contributed by atoms with Gasteiger partial charge in [0.2, 0.25) is 6.41 Å². The molecule has 0 radical (unpaired) electrons. The van der Waals surface area contributed by atoms with Gasteiger partial charge >= 0.3 is 0 Å². The molecule has 0 saturated carbocycles. The molecule has 1 amide bonds. The van der Waals surface area contributed by atoms with E-state index in [0.717, 1.165) is 4.47 Å². The molecule has 1 N–H and O–H groups in total. The third-order valence-corrected chi connectivity index (χ3v) is 2.65. The van der Waals surface area contributed by atoms with Crippen LogP contribution in [-0.2, 0) is 4.79 Å². The standard InChI is InChI=1S/C8H7BrClNO2/c1-13-8-2-5(9)6(10)3-7(8)11-4-12/h2-4H,1H3,(H,11,12). The lowest BCUT2D eigenvalue weighted by Crippen LogP contribution is -1.97. The zero-order valence-electron chi connectivity index (χ0n) is 6.80. The van der Waals surface area contributed by atoms with Crippen molar-refractivity contribution in [2.75, 3.05) is 12.4 Å². The molecule has 0 fully saturated rings. The summed E-state index contributed by atoms with van der Waals surface area (Å²) in [5, 5.41) is 3.00. The zero-order chi connectivity index (χ0) is 9.84. The molecule has 0 spiro atoms. The molecule has 1 aromatic carbocycles. The van der Waals surface area contributed by atoms with Crippen molar-refractivity contribution in [3.05, 3.63) is 21.6 Å². The number of hydrogen-bond donors (Lipinski definition) is 1. The summed E-state index contributed by atoms with van der Waals surface area (Å²) in [6, 6.07) is 3.30. The van der Waals surface area contributed by atoms with Crippen LogP contribution in [0.25, 0.3) is 0 Å². The van der Waals surface area contributed by atoms with Gasteiger partial charge in [-0.2, -0.15) is 0 Å². The first-order chi connectivity index (χ1) is 6.19. The molecule has 0 heterocycles. The average Bonchev–Trinajstić information content (AvgIpc) is 2.11. The van der Waals surface area contributed by atoms with Crippen molar-refractivity contribution in [3.8, 4) is 5.75 Å². The van der Waals surface area contributed by atoms with Gasteiger partial charge in [0.1, 0.15) is 5.75 Å². The molecule has 0 bridgehead atoms. The van der Waals surface area contributed by atoms with E-state index in [1.807, 2.05) is 0 Å². The first-order valence-corrected chi connectivity index (χ1v) is 4.59. The highest BCUT2D eigenvalue weighted by molar-refractivity contribution is 9.10. The molecule has 70 valence electrons. The van der Waals surface area contributed by atoms with Gasteiger partial charge in [0.05, 0.1) is 17.8 Å². The lowest BCUT2D eigenvalue weighted by Gasteiger charge is -2.08. The SMILES string of the molecule is COc1cc(Br)c(Cl)cc1NC=O. The Balaban J connectivity index is 3.15. The predicted octanol–water partition coefficient (Wildman–Crippen LogP) is 2.68. The Morgan fingerprint density at radius 2 is 2.31 bits per heavy atom. The second-order valence-electron chi connectivity index (χ2n) is 2.23. The molecule has 0 unspecified atom stereocenters. The van der Waals surface area contributed by atoms with Crippen LogP contribution in [0, 0.1) is 0 Å². The fraction of sp³-hybridized carbons (Fsp3) is 0.125. The number of benzene rings is 1. The number of methoxy groups -OCH3 is 1. The van der Waals surface area contributed by atoms with Crippen molar-refractivity contribution in [1.29, 1.82) is 0 Å². The van der Waals surface area contributed by atoms with E-state index in [0.29, 0.717) is 22.9 Å². The highest BCUT2D eigenvalue weighted by Gasteiger charge is 2.06. The highest BCUT2D eigenvalue weighted by atomic mass is 79.9.